The van der Waals surface area contributed by atoms with Gasteiger partial charge in [-0.2, -0.15) is 18.2 Å². The summed E-state index contributed by atoms with van der Waals surface area (Å²) in [4.78, 5) is 17.1. The molecule has 0 radical (unpaired) electrons. The minimum Gasteiger partial charge on any atom is -0.496 e. The number of hydrogen-bond donors (Lipinski definition) is 1. The zero-order valence-corrected chi connectivity index (χ0v) is 21.8. The van der Waals surface area contributed by atoms with Crippen molar-refractivity contribution in [3.8, 4) is 28.8 Å². The lowest BCUT2D eigenvalue weighted by molar-refractivity contribution is -0.138. The van der Waals surface area contributed by atoms with Crippen LogP contribution in [0.15, 0.2) is 91.0 Å². The minimum atomic E-state index is -4.71. The van der Waals surface area contributed by atoms with Gasteiger partial charge < -0.3 is 14.8 Å². The van der Waals surface area contributed by atoms with Crippen molar-refractivity contribution in [1.29, 1.82) is 0 Å². The molecule has 0 aliphatic heterocycles. The summed E-state index contributed by atoms with van der Waals surface area (Å²) in [5.74, 6) is -1.76. The van der Waals surface area contributed by atoms with E-state index >= 15 is 0 Å². The zero-order valence-electron chi connectivity index (χ0n) is 21.8. The third-order valence-electron chi connectivity index (χ3n) is 6.09. The lowest BCUT2D eigenvalue weighted by Gasteiger charge is -2.13. The van der Waals surface area contributed by atoms with E-state index in [0.717, 1.165) is 19.2 Å². The number of carbonyl (C=O) groups excluding carboxylic acids is 1. The Morgan fingerprint density at radius 3 is 2.31 bits per heavy atom. The first-order valence-corrected chi connectivity index (χ1v) is 12.4. The van der Waals surface area contributed by atoms with Crippen LogP contribution in [0, 0.1) is 11.6 Å². The minimum absolute atomic E-state index is 0.0176. The van der Waals surface area contributed by atoms with Gasteiger partial charge in [-0.1, -0.05) is 24.3 Å². The van der Waals surface area contributed by atoms with Crippen molar-refractivity contribution in [2.75, 3.05) is 12.4 Å². The second-order valence-corrected chi connectivity index (χ2v) is 8.97. The number of amides is 1. The Morgan fingerprint density at radius 2 is 1.64 bits per heavy atom. The van der Waals surface area contributed by atoms with Crippen molar-refractivity contribution in [3.05, 3.63) is 119 Å². The van der Waals surface area contributed by atoms with Gasteiger partial charge in [0.2, 0.25) is 0 Å². The van der Waals surface area contributed by atoms with Crippen LogP contribution in [0.2, 0.25) is 0 Å². The molecule has 1 aromatic heterocycles. The fourth-order valence-electron chi connectivity index (χ4n) is 4.04. The normalized spacial score (nSPS) is 11.3. The Hall–Kier alpha value is -5.26. The lowest BCUT2D eigenvalue weighted by Crippen LogP contribution is -2.15. The van der Waals surface area contributed by atoms with Crippen LogP contribution in [0.5, 0.6) is 11.8 Å². The highest BCUT2D eigenvalue weighted by Gasteiger charge is 2.35. The molecule has 0 bridgehead atoms. The number of nitrogens with zero attached hydrogens (tertiary/aromatic N) is 3. The SMILES string of the molecule is COc1ccc(C(=O)Nc2ccc(-n3nc(OCc4ccc(F)cc4)nc3-c3cccc(F)c3)cc2)cc1C(F)(F)F. The first-order valence-electron chi connectivity index (χ1n) is 12.4. The quantitative estimate of drug-likeness (QED) is 0.199. The maximum atomic E-state index is 14.0. The van der Waals surface area contributed by atoms with E-state index in [9.17, 15) is 26.7 Å². The van der Waals surface area contributed by atoms with E-state index in [4.69, 9.17) is 9.47 Å². The van der Waals surface area contributed by atoms with Crippen molar-refractivity contribution in [2.24, 2.45) is 0 Å². The molecule has 0 unspecified atom stereocenters. The van der Waals surface area contributed by atoms with Crippen LogP contribution in [0.25, 0.3) is 17.1 Å². The molecule has 0 aliphatic carbocycles. The largest absolute Gasteiger partial charge is 0.496 e. The van der Waals surface area contributed by atoms with Crippen LogP contribution in [0.3, 0.4) is 0 Å². The van der Waals surface area contributed by atoms with Crippen LogP contribution in [-0.2, 0) is 12.8 Å². The first kappa shape index (κ1) is 28.3. The summed E-state index contributed by atoms with van der Waals surface area (Å²) < 4.78 is 79.2. The average molecular weight is 581 g/mol. The molecule has 0 aliphatic rings. The van der Waals surface area contributed by atoms with E-state index in [2.05, 4.69) is 15.4 Å². The number of carbonyl (C=O) groups is 1. The van der Waals surface area contributed by atoms with E-state index in [1.165, 1.54) is 53.2 Å². The van der Waals surface area contributed by atoms with Gasteiger partial charge in [-0.25, -0.2) is 13.5 Å². The summed E-state index contributed by atoms with van der Waals surface area (Å²) in [6.07, 6.45) is -4.71. The molecule has 42 heavy (non-hydrogen) atoms. The molecule has 7 nitrogen and oxygen atoms in total. The molecule has 12 heteroatoms. The standard InChI is InChI=1S/C30H21F5N4O3/c1-41-26-14-7-20(16-25(26)30(33,34)35)28(40)36-23-10-12-24(13-11-23)39-27(19-3-2-4-22(32)15-19)37-29(38-39)42-17-18-5-8-21(31)9-6-18/h2-16H,17H2,1H3,(H,36,40). The predicted molar refractivity (Wildman–Crippen MR) is 143 cm³/mol. The summed E-state index contributed by atoms with van der Waals surface area (Å²) in [7, 11) is 1.11. The predicted octanol–water partition coefficient (Wildman–Crippen LogP) is 7.07. The monoisotopic (exact) mass is 580 g/mol. The van der Waals surface area contributed by atoms with E-state index in [1.54, 1.807) is 30.3 Å². The topological polar surface area (TPSA) is 78.3 Å². The number of hydrogen-bond acceptors (Lipinski definition) is 5. The van der Waals surface area contributed by atoms with E-state index in [-0.39, 0.29) is 29.8 Å². The Morgan fingerprint density at radius 1 is 0.905 bits per heavy atom. The molecular formula is C30H21F5N4O3. The van der Waals surface area contributed by atoms with Gasteiger partial charge in [0.1, 0.15) is 24.0 Å². The molecule has 1 amide bonds. The molecule has 214 valence electrons. The third-order valence-corrected chi connectivity index (χ3v) is 6.09. The molecule has 5 rings (SSSR count). The molecule has 0 saturated heterocycles. The number of methoxy groups -OCH3 is 1. The van der Waals surface area contributed by atoms with Gasteiger partial charge in [-0.15, -0.1) is 5.10 Å². The van der Waals surface area contributed by atoms with Crippen molar-refractivity contribution >= 4 is 11.6 Å². The highest BCUT2D eigenvalue weighted by Crippen LogP contribution is 2.37. The van der Waals surface area contributed by atoms with Crippen molar-refractivity contribution in [3.63, 3.8) is 0 Å². The fraction of sp³-hybridized carbons (Fsp3) is 0.100. The van der Waals surface area contributed by atoms with Crippen molar-refractivity contribution in [2.45, 2.75) is 12.8 Å². The second kappa shape index (κ2) is 11.7. The van der Waals surface area contributed by atoms with Gasteiger partial charge in [0.15, 0.2) is 5.82 Å². The molecule has 0 atom stereocenters. The fourth-order valence-corrected chi connectivity index (χ4v) is 4.04. The van der Waals surface area contributed by atoms with Gasteiger partial charge in [0.05, 0.1) is 18.4 Å². The van der Waals surface area contributed by atoms with Gasteiger partial charge in [-0.05, 0) is 72.3 Å². The van der Waals surface area contributed by atoms with Gasteiger partial charge in [0.25, 0.3) is 5.91 Å². The number of aromatic nitrogens is 3. The Bertz CT molecular complexity index is 1720. The maximum absolute atomic E-state index is 14.0. The van der Waals surface area contributed by atoms with Gasteiger partial charge >= 0.3 is 12.2 Å². The highest BCUT2D eigenvalue weighted by atomic mass is 19.4. The van der Waals surface area contributed by atoms with Crippen LogP contribution in [0.1, 0.15) is 21.5 Å². The summed E-state index contributed by atoms with van der Waals surface area (Å²) in [6.45, 7) is 0.0548. The number of rotatable bonds is 8. The molecule has 0 fully saturated rings. The van der Waals surface area contributed by atoms with Crippen molar-refractivity contribution < 1.29 is 36.2 Å². The number of anilines is 1. The first-order chi connectivity index (χ1) is 20.1. The molecule has 5 aromatic rings. The molecule has 1 N–H and O–H groups in total. The smallest absolute Gasteiger partial charge is 0.419 e. The number of nitrogens with one attached hydrogen (secondary N) is 1. The Kier molecular flexibility index (Phi) is 7.87. The van der Waals surface area contributed by atoms with Crippen LogP contribution in [-0.4, -0.2) is 27.8 Å². The maximum Gasteiger partial charge on any atom is 0.419 e. The molecular weight excluding hydrogens is 559 g/mol. The molecule has 4 aromatic carbocycles. The number of halogens is 5. The van der Waals surface area contributed by atoms with Gasteiger partial charge in [0, 0.05) is 16.8 Å². The van der Waals surface area contributed by atoms with Crippen molar-refractivity contribution in [1.82, 2.24) is 14.8 Å². The van der Waals surface area contributed by atoms with Crippen LogP contribution >= 0.6 is 0 Å². The Balaban J connectivity index is 1.39. The summed E-state index contributed by atoms with van der Waals surface area (Å²) in [5.41, 5.74) is 0.589. The number of alkyl halides is 3. The van der Waals surface area contributed by atoms with Crippen LogP contribution < -0.4 is 14.8 Å². The van der Waals surface area contributed by atoms with E-state index in [0.29, 0.717) is 22.5 Å². The third kappa shape index (κ3) is 6.38. The van der Waals surface area contributed by atoms with Crippen LogP contribution in [0.4, 0.5) is 27.6 Å². The second-order valence-electron chi connectivity index (χ2n) is 8.97. The number of benzene rings is 4. The molecule has 0 saturated carbocycles. The molecule has 0 spiro atoms. The van der Waals surface area contributed by atoms with E-state index in [1.807, 2.05) is 0 Å². The summed E-state index contributed by atoms with van der Waals surface area (Å²) in [5, 5.41) is 6.95. The van der Waals surface area contributed by atoms with Gasteiger partial charge in [-0.3, -0.25) is 4.79 Å². The lowest BCUT2D eigenvalue weighted by atomic mass is 10.1. The van der Waals surface area contributed by atoms with E-state index < -0.39 is 29.2 Å². The highest BCUT2D eigenvalue weighted by molar-refractivity contribution is 6.04. The molecule has 1 heterocycles. The number of ether oxygens (including phenoxy) is 2. The Labute approximate surface area is 236 Å². The average Bonchev–Trinajstić information content (AvgIpc) is 3.41. The summed E-state index contributed by atoms with van der Waals surface area (Å²) >= 11 is 0. The summed E-state index contributed by atoms with van der Waals surface area (Å²) in [6, 6.07) is 20.7. The zero-order chi connectivity index (χ0) is 29.9.